The summed E-state index contributed by atoms with van der Waals surface area (Å²) in [6.07, 6.45) is 2.70. The first-order chi connectivity index (χ1) is 14.9. The molecule has 31 heavy (non-hydrogen) atoms. The maximum atomic E-state index is 13.2. The molecule has 1 aliphatic rings. The minimum Gasteiger partial charge on any atom is -0.488 e. The van der Waals surface area contributed by atoms with Crippen molar-refractivity contribution < 1.29 is 19.0 Å². The maximum absolute atomic E-state index is 13.2. The summed E-state index contributed by atoms with van der Waals surface area (Å²) in [7, 11) is 0. The van der Waals surface area contributed by atoms with E-state index in [-0.39, 0.29) is 11.4 Å². The van der Waals surface area contributed by atoms with E-state index >= 15 is 0 Å². The number of benzene rings is 3. The second-order valence-corrected chi connectivity index (χ2v) is 8.20. The van der Waals surface area contributed by atoms with E-state index in [1.807, 2.05) is 25.1 Å². The molecule has 0 bridgehead atoms. The maximum Gasteiger partial charge on any atom is 0.335 e. The number of hydrogen-bond acceptors (Lipinski definition) is 2. The molecule has 0 saturated carbocycles. The first-order valence-corrected chi connectivity index (χ1v) is 10.5. The van der Waals surface area contributed by atoms with Crippen LogP contribution in [0.25, 0.3) is 11.1 Å². The molecule has 0 heterocycles. The monoisotopic (exact) mass is 436 g/mol. The summed E-state index contributed by atoms with van der Waals surface area (Å²) in [5.74, 6) is -0.513. The Morgan fingerprint density at radius 2 is 1.77 bits per heavy atom. The molecule has 4 rings (SSSR count). The van der Waals surface area contributed by atoms with Crippen LogP contribution >= 0.6 is 11.6 Å². The molecule has 0 amide bonds. The number of ether oxygens (including phenoxy) is 1. The van der Waals surface area contributed by atoms with Crippen LogP contribution in [-0.2, 0) is 6.61 Å². The molecule has 3 aromatic carbocycles. The SMILES string of the molecule is Cc1cc(C(=O)O)cc(C2=C(c3cc(Cl)ccc3OCc3ccc(F)cc3)CCC2)c1. The van der Waals surface area contributed by atoms with E-state index in [1.54, 1.807) is 30.3 Å². The van der Waals surface area contributed by atoms with Gasteiger partial charge in [0.25, 0.3) is 0 Å². The van der Waals surface area contributed by atoms with Gasteiger partial charge in [-0.1, -0.05) is 29.8 Å². The summed E-state index contributed by atoms with van der Waals surface area (Å²) in [4.78, 5) is 11.5. The standard InChI is InChI=1S/C26H22ClFO3/c1-16-11-18(13-19(12-16)26(29)30)22-3-2-4-23(22)24-14-20(27)7-10-25(24)31-15-17-5-8-21(28)9-6-17/h5-14H,2-4,15H2,1H3,(H,29,30). The van der Waals surface area contributed by atoms with Crippen LogP contribution in [0.2, 0.25) is 5.02 Å². The van der Waals surface area contributed by atoms with E-state index in [0.29, 0.717) is 17.4 Å². The van der Waals surface area contributed by atoms with Gasteiger partial charge in [-0.3, -0.25) is 0 Å². The van der Waals surface area contributed by atoms with Gasteiger partial charge < -0.3 is 9.84 Å². The van der Waals surface area contributed by atoms with Crippen LogP contribution in [0.15, 0.2) is 60.7 Å². The van der Waals surface area contributed by atoms with Crippen molar-refractivity contribution in [3.8, 4) is 5.75 Å². The first kappa shape index (κ1) is 21.1. The topological polar surface area (TPSA) is 46.5 Å². The zero-order valence-electron chi connectivity index (χ0n) is 17.1. The molecule has 0 aliphatic heterocycles. The normalized spacial score (nSPS) is 13.5. The molecule has 0 atom stereocenters. The summed E-state index contributed by atoms with van der Waals surface area (Å²) < 4.78 is 19.3. The van der Waals surface area contributed by atoms with E-state index < -0.39 is 5.97 Å². The Labute approximate surface area is 185 Å². The van der Waals surface area contributed by atoms with Crippen LogP contribution in [0.5, 0.6) is 5.75 Å². The fourth-order valence-electron chi connectivity index (χ4n) is 4.05. The Morgan fingerprint density at radius 3 is 2.52 bits per heavy atom. The number of aryl methyl sites for hydroxylation is 1. The van der Waals surface area contributed by atoms with Gasteiger partial charge in [0, 0.05) is 10.6 Å². The van der Waals surface area contributed by atoms with E-state index in [2.05, 4.69) is 0 Å². The van der Waals surface area contributed by atoms with E-state index in [1.165, 1.54) is 12.1 Å². The van der Waals surface area contributed by atoms with Crippen molar-refractivity contribution in [1.82, 2.24) is 0 Å². The molecule has 3 aromatic rings. The summed E-state index contributed by atoms with van der Waals surface area (Å²) >= 11 is 6.32. The number of rotatable bonds is 6. The largest absolute Gasteiger partial charge is 0.488 e. The van der Waals surface area contributed by atoms with Crippen molar-refractivity contribution in [2.75, 3.05) is 0 Å². The molecule has 0 saturated heterocycles. The van der Waals surface area contributed by atoms with Gasteiger partial charge in [-0.05, 0) is 96.5 Å². The third kappa shape index (κ3) is 4.80. The van der Waals surface area contributed by atoms with Gasteiger partial charge in [0.05, 0.1) is 5.56 Å². The van der Waals surface area contributed by atoms with Gasteiger partial charge in [0.1, 0.15) is 18.2 Å². The van der Waals surface area contributed by atoms with Gasteiger partial charge in [-0.25, -0.2) is 9.18 Å². The molecule has 3 nitrogen and oxygen atoms in total. The average Bonchev–Trinajstić information content (AvgIpc) is 3.23. The van der Waals surface area contributed by atoms with Gasteiger partial charge in [-0.2, -0.15) is 0 Å². The van der Waals surface area contributed by atoms with Crippen molar-refractivity contribution >= 4 is 28.7 Å². The Morgan fingerprint density at radius 1 is 1.03 bits per heavy atom. The number of carbonyl (C=O) groups is 1. The number of carboxylic acid groups (broad SMARTS) is 1. The van der Waals surface area contributed by atoms with Crippen LogP contribution in [0.4, 0.5) is 4.39 Å². The zero-order chi connectivity index (χ0) is 22.0. The molecule has 158 valence electrons. The molecule has 0 aromatic heterocycles. The third-order valence-corrected chi connectivity index (χ3v) is 5.70. The quantitative estimate of drug-likeness (QED) is 0.446. The minimum atomic E-state index is -0.934. The molecule has 5 heteroatoms. The van der Waals surface area contributed by atoms with Crippen LogP contribution in [0.1, 0.15) is 51.9 Å². The lowest BCUT2D eigenvalue weighted by molar-refractivity contribution is 0.0696. The highest BCUT2D eigenvalue weighted by molar-refractivity contribution is 6.30. The Hall–Kier alpha value is -3.11. The smallest absolute Gasteiger partial charge is 0.335 e. The lowest BCUT2D eigenvalue weighted by Gasteiger charge is -2.16. The van der Waals surface area contributed by atoms with Gasteiger partial charge in [-0.15, -0.1) is 0 Å². The second-order valence-electron chi connectivity index (χ2n) is 7.76. The molecule has 1 N–H and O–H groups in total. The molecule has 0 radical (unpaired) electrons. The van der Waals surface area contributed by atoms with Crippen molar-refractivity contribution in [2.45, 2.75) is 32.8 Å². The van der Waals surface area contributed by atoms with Crippen LogP contribution in [0.3, 0.4) is 0 Å². The molecule has 1 aliphatic carbocycles. The second kappa shape index (κ2) is 8.94. The van der Waals surface area contributed by atoms with E-state index in [9.17, 15) is 14.3 Å². The average molecular weight is 437 g/mol. The van der Waals surface area contributed by atoms with E-state index in [0.717, 1.165) is 52.7 Å². The molecule has 0 fully saturated rings. The van der Waals surface area contributed by atoms with Crippen molar-refractivity contribution in [2.24, 2.45) is 0 Å². The summed E-state index contributed by atoms with van der Waals surface area (Å²) in [5, 5.41) is 10.1. The number of allylic oxidation sites excluding steroid dienone is 2. The van der Waals surface area contributed by atoms with E-state index in [4.69, 9.17) is 16.3 Å². The summed E-state index contributed by atoms with van der Waals surface area (Å²) in [6.45, 7) is 2.22. The van der Waals surface area contributed by atoms with Gasteiger partial charge >= 0.3 is 5.97 Å². The molecular formula is C26H22ClFO3. The summed E-state index contributed by atoms with van der Waals surface area (Å²) in [5.41, 5.74) is 6.15. The number of carboxylic acids is 1. The van der Waals surface area contributed by atoms with Crippen LogP contribution in [0, 0.1) is 12.7 Å². The number of halogens is 2. The molecule has 0 unspecified atom stereocenters. The van der Waals surface area contributed by atoms with Crippen LogP contribution in [-0.4, -0.2) is 11.1 Å². The fraction of sp³-hybridized carbons (Fsp3) is 0.192. The predicted molar refractivity (Wildman–Crippen MR) is 121 cm³/mol. The van der Waals surface area contributed by atoms with Crippen molar-refractivity contribution in [3.05, 3.63) is 99.3 Å². The highest BCUT2D eigenvalue weighted by Gasteiger charge is 2.22. The Kier molecular flexibility index (Phi) is 6.10. The molecular weight excluding hydrogens is 415 g/mol. The fourth-order valence-corrected chi connectivity index (χ4v) is 4.22. The Balaban J connectivity index is 1.73. The zero-order valence-corrected chi connectivity index (χ0v) is 17.9. The number of hydrogen-bond donors (Lipinski definition) is 1. The third-order valence-electron chi connectivity index (χ3n) is 5.46. The van der Waals surface area contributed by atoms with Crippen molar-refractivity contribution in [1.29, 1.82) is 0 Å². The molecule has 0 spiro atoms. The first-order valence-electron chi connectivity index (χ1n) is 10.2. The highest BCUT2D eigenvalue weighted by Crippen LogP contribution is 2.44. The summed E-state index contributed by atoms with van der Waals surface area (Å²) in [6, 6.07) is 17.2. The lowest BCUT2D eigenvalue weighted by atomic mass is 9.94. The number of aromatic carboxylic acids is 1. The minimum absolute atomic E-state index is 0.282. The lowest BCUT2D eigenvalue weighted by Crippen LogP contribution is -2.00. The predicted octanol–water partition coefficient (Wildman–Crippen LogP) is 7.16. The van der Waals surface area contributed by atoms with Crippen LogP contribution < -0.4 is 4.74 Å². The Bertz CT molecular complexity index is 1170. The van der Waals surface area contributed by atoms with Gasteiger partial charge in [0.15, 0.2) is 0 Å². The highest BCUT2D eigenvalue weighted by atomic mass is 35.5. The van der Waals surface area contributed by atoms with Gasteiger partial charge in [0.2, 0.25) is 0 Å². The van der Waals surface area contributed by atoms with Crippen molar-refractivity contribution in [3.63, 3.8) is 0 Å².